The second-order valence-electron chi connectivity index (χ2n) is 5.31. The van der Waals surface area contributed by atoms with Crippen LogP contribution >= 0.6 is 11.3 Å². The fourth-order valence-electron chi connectivity index (χ4n) is 2.76. The molecule has 3 nitrogen and oxygen atoms in total. The van der Waals surface area contributed by atoms with Crippen LogP contribution in [-0.2, 0) is 6.42 Å². The highest BCUT2D eigenvalue weighted by atomic mass is 32.1. The fourth-order valence-corrected chi connectivity index (χ4v) is 3.83. The lowest BCUT2D eigenvalue weighted by Gasteiger charge is -2.26. The van der Waals surface area contributed by atoms with Gasteiger partial charge in [0.15, 0.2) is 0 Å². The predicted molar refractivity (Wildman–Crippen MR) is 78.3 cm³/mol. The summed E-state index contributed by atoms with van der Waals surface area (Å²) in [6, 6.07) is 1.95. The van der Waals surface area contributed by atoms with Crippen LogP contribution in [0.5, 0.6) is 0 Å². The van der Waals surface area contributed by atoms with Gasteiger partial charge in [-0.15, -0.1) is 11.3 Å². The summed E-state index contributed by atoms with van der Waals surface area (Å²) in [6.45, 7) is 4.11. The molecule has 0 amide bonds. The summed E-state index contributed by atoms with van der Waals surface area (Å²) in [5.41, 5.74) is 2.12. The molecule has 0 saturated heterocycles. The largest absolute Gasteiger partial charge is 0.302 e. The van der Waals surface area contributed by atoms with Crippen molar-refractivity contribution in [3.8, 4) is 0 Å². The number of rotatable bonds is 3. The Morgan fingerprint density at radius 3 is 3.10 bits per heavy atom. The van der Waals surface area contributed by atoms with E-state index in [9.17, 15) is 4.39 Å². The van der Waals surface area contributed by atoms with Gasteiger partial charge in [-0.05, 0) is 44.7 Å². The normalized spacial score (nSPS) is 19.6. The van der Waals surface area contributed by atoms with Crippen LogP contribution < -0.4 is 5.32 Å². The SMILES string of the molecule is Cc1nc2c(s1)C(NC(C)c1cncc(F)c1)CCC2. The number of pyridine rings is 1. The Morgan fingerprint density at radius 2 is 2.30 bits per heavy atom. The van der Waals surface area contributed by atoms with E-state index in [-0.39, 0.29) is 11.9 Å². The Labute approximate surface area is 122 Å². The van der Waals surface area contributed by atoms with Crippen LogP contribution in [0.2, 0.25) is 0 Å². The molecule has 106 valence electrons. The minimum absolute atomic E-state index is 0.0801. The Bertz CT molecular complexity index is 611. The van der Waals surface area contributed by atoms with E-state index in [1.807, 2.05) is 0 Å². The van der Waals surface area contributed by atoms with Gasteiger partial charge in [-0.2, -0.15) is 0 Å². The van der Waals surface area contributed by atoms with Gasteiger partial charge in [0.05, 0.1) is 16.9 Å². The maximum absolute atomic E-state index is 13.3. The van der Waals surface area contributed by atoms with Gasteiger partial charge in [0.25, 0.3) is 0 Å². The summed E-state index contributed by atoms with van der Waals surface area (Å²) in [5.74, 6) is -0.283. The van der Waals surface area contributed by atoms with Crippen molar-refractivity contribution in [3.05, 3.63) is 45.4 Å². The topological polar surface area (TPSA) is 37.8 Å². The van der Waals surface area contributed by atoms with E-state index in [4.69, 9.17) is 0 Å². The lowest BCUT2D eigenvalue weighted by Crippen LogP contribution is -2.27. The molecule has 0 spiro atoms. The number of thiazole rings is 1. The third-order valence-electron chi connectivity index (χ3n) is 3.73. The highest BCUT2D eigenvalue weighted by Crippen LogP contribution is 2.35. The van der Waals surface area contributed by atoms with E-state index in [0.717, 1.165) is 29.8 Å². The molecule has 0 fully saturated rings. The molecular weight excluding hydrogens is 273 g/mol. The zero-order chi connectivity index (χ0) is 14.1. The zero-order valence-electron chi connectivity index (χ0n) is 11.7. The number of aryl methyl sites for hydroxylation is 2. The number of hydrogen-bond acceptors (Lipinski definition) is 4. The van der Waals surface area contributed by atoms with Crippen LogP contribution in [0.15, 0.2) is 18.5 Å². The van der Waals surface area contributed by atoms with Gasteiger partial charge in [-0.3, -0.25) is 4.98 Å². The van der Waals surface area contributed by atoms with E-state index in [1.54, 1.807) is 23.6 Å². The number of aromatic nitrogens is 2. The van der Waals surface area contributed by atoms with Crippen LogP contribution in [0.4, 0.5) is 4.39 Å². The minimum Gasteiger partial charge on any atom is -0.302 e. The Morgan fingerprint density at radius 1 is 1.45 bits per heavy atom. The molecule has 0 bridgehead atoms. The Kier molecular flexibility index (Phi) is 3.81. The first-order chi connectivity index (χ1) is 9.63. The molecule has 2 aromatic heterocycles. The number of nitrogens with zero attached hydrogens (tertiary/aromatic N) is 2. The maximum Gasteiger partial charge on any atom is 0.141 e. The molecule has 5 heteroatoms. The molecule has 2 aromatic rings. The van der Waals surface area contributed by atoms with E-state index in [2.05, 4.69) is 29.1 Å². The molecule has 20 heavy (non-hydrogen) atoms. The van der Waals surface area contributed by atoms with Crippen molar-refractivity contribution in [2.45, 2.75) is 45.2 Å². The summed E-state index contributed by atoms with van der Waals surface area (Å²) < 4.78 is 13.3. The van der Waals surface area contributed by atoms with Gasteiger partial charge in [0.2, 0.25) is 0 Å². The third-order valence-corrected chi connectivity index (χ3v) is 4.86. The molecule has 0 aromatic carbocycles. The minimum atomic E-state index is -0.283. The molecule has 0 aliphatic heterocycles. The van der Waals surface area contributed by atoms with Crippen LogP contribution in [0.25, 0.3) is 0 Å². The standard InChI is InChI=1S/C15H18FN3S/c1-9(11-6-12(16)8-17-7-11)18-13-4-3-5-14-15(13)20-10(2)19-14/h6-9,13,18H,3-5H2,1-2H3. The van der Waals surface area contributed by atoms with Gasteiger partial charge >= 0.3 is 0 Å². The van der Waals surface area contributed by atoms with Gasteiger partial charge in [0.1, 0.15) is 5.82 Å². The van der Waals surface area contributed by atoms with Crippen molar-refractivity contribution < 1.29 is 4.39 Å². The second-order valence-corrected chi connectivity index (χ2v) is 6.55. The first kappa shape index (κ1) is 13.6. The highest BCUT2D eigenvalue weighted by Gasteiger charge is 2.25. The number of nitrogens with one attached hydrogen (secondary N) is 1. The molecule has 1 aliphatic carbocycles. The van der Waals surface area contributed by atoms with Crippen LogP contribution in [-0.4, -0.2) is 9.97 Å². The van der Waals surface area contributed by atoms with Gasteiger partial charge < -0.3 is 5.32 Å². The second kappa shape index (κ2) is 5.58. The van der Waals surface area contributed by atoms with E-state index in [1.165, 1.54) is 16.8 Å². The average molecular weight is 291 g/mol. The lowest BCUT2D eigenvalue weighted by atomic mass is 9.96. The molecular formula is C15H18FN3S. The zero-order valence-corrected chi connectivity index (χ0v) is 12.5. The average Bonchev–Trinajstić information content (AvgIpc) is 2.80. The van der Waals surface area contributed by atoms with Crippen molar-refractivity contribution in [2.24, 2.45) is 0 Å². The summed E-state index contributed by atoms with van der Waals surface area (Å²) in [6.07, 6.45) is 6.31. The number of hydrogen-bond donors (Lipinski definition) is 1. The Balaban J connectivity index is 1.78. The molecule has 1 aliphatic rings. The van der Waals surface area contributed by atoms with Gasteiger partial charge in [-0.25, -0.2) is 9.37 Å². The van der Waals surface area contributed by atoms with Crippen LogP contribution in [0.1, 0.15) is 53.0 Å². The third kappa shape index (κ3) is 2.74. The van der Waals surface area contributed by atoms with Crippen molar-refractivity contribution in [1.29, 1.82) is 0 Å². The van der Waals surface area contributed by atoms with Crippen molar-refractivity contribution in [1.82, 2.24) is 15.3 Å². The van der Waals surface area contributed by atoms with Crippen LogP contribution in [0.3, 0.4) is 0 Å². The molecule has 3 rings (SSSR count). The molecule has 2 atom stereocenters. The Hall–Kier alpha value is -1.33. The van der Waals surface area contributed by atoms with E-state index in [0.29, 0.717) is 6.04 Å². The summed E-state index contributed by atoms with van der Waals surface area (Å²) in [5, 5.41) is 4.72. The number of fused-ring (bicyclic) bond motifs is 1. The molecule has 0 radical (unpaired) electrons. The maximum atomic E-state index is 13.3. The van der Waals surface area contributed by atoms with Crippen LogP contribution in [0, 0.1) is 12.7 Å². The predicted octanol–water partition coefficient (Wildman–Crippen LogP) is 3.71. The van der Waals surface area contributed by atoms with E-state index >= 15 is 0 Å². The van der Waals surface area contributed by atoms with Crippen molar-refractivity contribution in [3.63, 3.8) is 0 Å². The summed E-state index contributed by atoms with van der Waals surface area (Å²) in [4.78, 5) is 9.88. The smallest absolute Gasteiger partial charge is 0.141 e. The first-order valence-electron chi connectivity index (χ1n) is 6.96. The summed E-state index contributed by atoms with van der Waals surface area (Å²) in [7, 11) is 0. The lowest BCUT2D eigenvalue weighted by molar-refractivity contribution is 0.417. The van der Waals surface area contributed by atoms with Crippen molar-refractivity contribution in [2.75, 3.05) is 0 Å². The molecule has 1 N–H and O–H groups in total. The quantitative estimate of drug-likeness (QED) is 0.936. The van der Waals surface area contributed by atoms with E-state index < -0.39 is 0 Å². The monoisotopic (exact) mass is 291 g/mol. The van der Waals surface area contributed by atoms with Crippen molar-refractivity contribution >= 4 is 11.3 Å². The molecule has 0 saturated carbocycles. The molecule has 2 unspecified atom stereocenters. The first-order valence-corrected chi connectivity index (χ1v) is 7.78. The highest BCUT2D eigenvalue weighted by molar-refractivity contribution is 7.11. The van der Waals surface area contributed by atoms with Gasteiger partial charge in [-0.1, -0.05) is 0 Å². The summed E-state index contributed by atoms with van der Waals surface area (Å²) >= 11 is 1.78. The van der Waals surface area contributed by atoms with Gasteiger partial charge in [0, 0.05) is 23.2 Å². The fraction of sp³-hybridized carbons (Fsp3) is 0.467. The molecule has 2 heterocycles. The number of halogens is 1.